The van der Waals surface area contributed by atoms with Crippen LogP contribution in [0.4, 0.5) is 0 Å². The highest BCUT2D eigenvalue weighted by atomic mass is 15.1. The molecule has 2 rings (SSSR count). The molecule has 1 aromatic carbocycles. The van der Waals surface area contributed by atoms with Crippen LogP contribution in [0.5, 0.6) is 0 Å². The first-order valence-corrected chi connectivity index (χ1v) is 8.20. The van der Waals surface area contributed by atoms with Crippen molar-refractivity contribution in [3.05, 3.63) is 34.9 Å². The molecule has 1 unspecified atom stereocenters. The zero-order valence-electron chi connectivity index (χ0n) is 14.8. The van der Waals surface area contributed by atoms with Crippen molar-refractivity contribution >= 4 is 0 Å². The molecule has 2 nitrogen and oxygen atoms in total. The van der Waals surface area contributed by atoms with Crippen molar-refractivity contribution in [2.75, 3.05) is 0 Å². The van der Waals surface area contributed by atoms with Crippen LogP contribution < -0.4 is 10.6 Å². The summed E-state index contributed by atoms with van der Waals surface area (Å²) in [6, 6.07) is 7.82. The van der Waals surface area contributed by atoms with Crippen LogP contribution in [0.25, 0.3) is 0 Å². The molecule has 1 fully saturated rings. The van der Waals surface area contributed by atoms with Crippen molar-refractivity contribution in [3.8, 4) is 0 Å². The van der Waals surface area contributed by atoms with Gasteiger partial charge in [0.25, 0.3) is 0 Å². The van der Waals surface area contributed by atoms with E-state index >= 15 is 0 Å². The Labute approximate surface area is 130 Å². The summed E-state index contributed by atoms with van der Waals surface area (Å²) >= 11 is 0. The first kappa shape index (κ1) is 16.5. The minimum absolute atomic E-state index is 0.196. The summed E-state index contributed by atoms with van der Waals surface area (Å²) < 4.78 is 0. The Morgan fingerprint density at radius 2 is 1.48 bits per heavy atom. The average Bonchev–Trinajstić information content (AvgIpc) is 2.22. The maximum Gasteiger partial charge on any atom is 0.0294 e. The van der Waals surface area contributed by atoms with Crippen LogP contribution in [-0.4, -0.2) is 17.1 Å². The van der Waals surface area contributed by atoms with Crippen molar-refractivity contribution in [1.82, 2.24) is 10.6 Å². The molecule has 0 saturated carbocycles. The molecule has 0 amide bonds. The summed E-state index contributed by atoms with van der Waals surface area (Å²) in [5.41, 5.74) is 4.50. The Morgan fingerprint density at radius 3 is 1.95 bits per heavy atom. The van der Waals surface area contributed by atoms with Crippen LogP contribution >= 0.6 is 0 Å². The zero-order valence-corrected chi connectivity index (χ0v) is 14.8. The van der Waals surface area contributed by atoms with Gasteiger partial charge in [0.1, 0.15) is 0 Å². The van der Waals surface area contributed by atoms with Crippen LogP contribution in [0.2, 0.25) is 0 Å². The predicted molar refractivity (Wildman–Crippen MR) is 91.8 cm³/mol. The average molecular weight is 288 g/mol. The lowest BCUT2D eigenvalue weighted by molar-refractivity contribution is 0.141. The largest absolute Gasteiger partial charge is 0.307 e. The number of rotatable bonds is 3. The maximum absolute atomic E-state index is 3.86. The SMILES string of the molecule is Cc1cc(C)cc(C(C)NC2CC(C)(C)NC(C)(C)C2)c1. The van der Waals surface area contributed by atoms with Gasteiger partial charge in [-0.3, -0.25) is 0 Å². The van der Waals surface area contributed by atoms with Crippen LogP contribution in [0, 0.1) is 13.8 Å². The number of piperidine rings is 1. The van der Waals surface area contributed by atoms with Gasteiger partial charge in [-0.15, -0.1) is 0 Å². The highest BCUT2D eigenvalue weighted by molar-refractivity contribution is 5.30. The molecule has 1 aliphatic rings. The highest BCUT2D eigenvalue weighted by Crippen LogP contribution is 2.30. The van der Waals surface area contributed by atoms with Crippen molar-refractivity contribution in [2.45, 2.75) is 84.5 Å². The molecule has 1 aromatic rings. The molecule has 1 aliphatic heterocycles. The minimum atomic E-state index is 0.196. The first-order chi connectivity index (χ1) is 9.56. The van der Waals surface area contributed by atoms with Crippen molar-refractivity contribution in [1.29, 1.82) is 0 Å². The van der Waals surface area contributed by atoms with E-state index in [1.54, 1.807) is 0 Å². The van der Waals surface area contributed by atoms with Gasteiger partial charge in [0.15, 0.2) is 0 Å². The van der Waals surface area contributed by atoms with Gasteiger partial charge in [-0.2, -0.15) is 0 Å². The number of aryl methyl sites for hydroxylation is 2. The molecule has 21 heavy (non-hydrogen) atoms. The van der Waals surface area contributed by atoms with Gasteiger partial charge in [-0.25, -0.2) is 0 Å². The summed E-state index contributed by atoms with van der Waals surface area (Å²) in [5.74, 6) is 0. The van der Waals surface area contributed by atoms with Gasteiger partial charge >= 0.3 is 0 Å². The maximum atomic E-state index is 3.86. The summed E-state index contributed by atoms with van der Waals surface area (Å²) in [7, 11) is 0. The molecule has 0 aromatic heterocycles. The second-order valence-corrected chi connectivity index (χ2v) is 8.31. The highest BCUT2D eigenvalue weighted by Gasteiger charge is 2.37. The van der Waals surface area contributed by atoms with Gasteiger partial charge in [0.05, 0.1) is 0 Å². The van der Waals surface area contributed by atoms with Gasteiger partial charge < -0.3 is 10.6 Å². The third-order valence-electron chi connectivity index (χ3n) is 4.42. The normalized spacial score (nSPS) is 23.0. The summed E-state index contributed by atoms with van der Waals surface area (Å²) in [6.07, 6.45) is 2.34. The van der Waals surface area contributed by atoms with Gasteiger partial charge in [-0.1, -0.05) is 29.3 Å². The molecule has 0 aliphatic carbocycles. The zero-order chi connectivity index (χ0) is 15.8. The molecule has 118 valence electrons. The Hall–Kier alpha value is -0.860. The Morgan fingerprint density at radius 1 is 1.00 bits per heavy atom. The number of hydrogen-bond donors (Lipinski definition) is 2. The van der Waals surface area contributed by atoms with E-state index in [-0.39, 0.29) is 11.1 Å². The molecule has 1 atom stereocenters. The molecule has 1 saturated heterocycles. The first-order valence-electron chi connectivity index (χ1n) is 8.20. The molecule has 0 spiro atoms. The molecule has 2 N–H and O–H groups in total. The quantitative estimate of drug-likeness (QED) is 0.868. The van der Waals surface area contributed by atoms with E-state index in [9.17, 15) is 0 Å². The van der Waals surface area contributed by atoms with Crippen molar-refractivity contribution < 1.29 is 0 Å². The van der Waals surface area contributed by atoms with E-state index in [1.165, 1.54) is 29.5 Å². The van der Waals surface area contributed by atoms with Gasteiger partial charge in [0, 0.05) is 23.2 Å². The van der Waals surface area contributed by atoms with E-state index in [2.05, 4.69) is 77.3 Å². The fourth-order valence-corrected chi connectivity index (χ4v) is 4.15. The van der Waals surface area contributed by atoms with E-state index in [1.807, 2.05) is 0 Å². The lowest BCUT2D eigenvalue weighted by Crippen LogP contribution is -2.61. The smallest absolute Gasteiger partial charge is 0.0294 e. The van der Waals surface area contributed by atoms with Crippen LogP contribution in [0.3, 0.4) is 0 Å². The fraction of sp³-hybridized carbons (Fsp3) is 0.684. The lowest BCUT2D eigenvalue weighted by Gasteiger charge is -2.47. The van der Waals surface area contributed by atoms with E-state index < -0.39 is 0 Å². The number of nitrogens with one attached hydrogen (secondary N) is 2. The van der Waals surface area contributed by atoms with Crippen LogP contribution in [-0.2, 0) is 0 Å². The Balaban J connectivity index is 2.10. The summed E-state index contributed by atoms with van der Waals surface area (Å²) in [4.78, 5) is 0. The third kappa shape index (κ3) is 4.55. The fourth-order valence-electron chi connectivity index (χ4n) is 4.15. The lowest BCUT2D eigenvalue weighted by atomic mass is 9.79. The molecule has 0 radical (unpaired) electrons. The number of benzene rings is 1. The predicted octanol–water partition coefficient (Wildman–Crippen LogP) is 4.26. The van der Waals surface area contributed by atoms with Gasteiger partial charge in [-0.05, 0) is 66.9 Å². The molecular formula is C19H32N2. The monoisotopic (exact) mass is 288 g/mol. The minimum Gasteiger partial charge on any atom is -0.307 e. The molecule has 1 heterocycles. The summed E-state index contributed by atoms with van der Waals surface area (Å²) in [5, 5.41) is 7.61. The second kappa shape index (κ2) is 5.73. The standard InChI is InChI=1S/C19H32N2/c1-13-8-14(2)10-16(9-13)15(3)20-17-11-18(4,5)21-19(6,7)12-17/h8-10,15,17,20-21H,11-12H2,1-7H3. The van der Waals surface area contributed by atoms with Crippen molar-refractivity contribution in [2.24, 2.45) is 0 Å². The van der Waals surface area contributed by atoms with E-state index in [4.69, 9.17) is 0 Å². The second-order valence-electron chi connectivity index (χ2n) is 8.31. The molecular weight excluding hydrogens is 256 g/mol. The van der Waals surface area contributed by atoms with E-state index in [0.29, 0.717) is 12.1 Å². The third-order valence-corrected chi connectivity index (χ3v) is 4.42. The summed E-state index contributed by atoms with van der Waals surface area (Å²) in [6.45, 7) is 15.9. The van der Waals surface area contributed by atoms with E-state index in [0.717, 1.165) is 0 Å². The van der Waals surface area contributed by atoms with Crippen molar-refractivity contribution in [3.63, 3.8) is 0 Å². The molecule has 0 bridgehead atoms. The number of hydrogen-bond acceptors (Lipinski definition) is 2. The van der Waals surface area contributed by atoms with Crippen LogP contribution in [0.1, 0.15) is 70.2 Å². The van der Waals surface area contributed by atoms with Gasteiger partial charge in [0.2, 0.25) is 0 Å². The topological polar surface area (TPSA) is 24.1 Å². The Kier molecular flexibility index (Phi) is 4.51. The molecule has 2 heteroatoms. The Bertz CT molecular complexity index is 466. The van der Waals surface area contributed by atoms with Crippen LogP contribution in [0.15, 0.2) is 18.2 Å².